The summed E-state index contributed by atoms with van der Waals surface area (Å²) in [5.41, 5.74) is 0.862. The molecule has 1 aromatic rings. The van der Waals surface area contributed by atoms with Crippen molar-refractivity contribution >= 4 is 11.6 Å². The van der Waals surface area contributed by atoms with Crippen molar-refractivity contribution in [3.8, 4) is 0 Å². The molecular weight excluding hydrogens is 202 g/mol. The van der Waals surface area contributed by atoms with Gasteiger partial charge >= 0.3 is 0 Å². The van der Waals surface area contributed by atoms with E-state index in [1.165, 1.54) is 0 Å². The largest absolute Gasteiger partial charge is 0.366 e. The predicted molar refractivity (Wildman–Crippen MR) is 64.2 cm³/mol. The number of anilines is 1. The Kier molecular flexibility index (Phi) is 3.62. The third kappa shape index (κ3) is 2.64. The number of nitrogens with one attached hydrogen (secondary N) is 3. The minimum Gasteiger partial charge on any atom is -0.366 e. The van der Waals surface area contributed by atoms with Gasteiger partial charge in [0.05, 0.1) is 5.69 Å². The highest BCUT2D eigenvalue weighted by Crippen LogP contribution is 2.25. The molecule has 4 heteroatoms. The van der Waals surface area contributed by atoms with Crippen LogP contribution < -0.4 is 10.6 Å². The Morgan fingerprint density at radius 2 is 2.12 bits per heavy atom. The van der Waals surface area contributed by atoms with Crippen LogP contribution in [0.15, 0.2) is 18.5 Å². The van der Waals surface area contributed by atoms with Crippen LogP contribution in [0.3, 0.4) is 0 Å². The zero-order valence-electron chi connectivity index (χ0n) is 9.62. The van der Waals surface area contributed by atoms with Crippen molar-refractivity contribution in [3.63, 3.8) is 0 Å². The van der Waals surface area contributed by atoms with E-state index in [1.54, 1.807) is 6.20 Å². The van der Waals surface area contributed by atoms with Gasteiger partial charge in [-0.1, -0.05) is 0 Å². The van der Waals surface area contributed by atoms with Gasteiger partial charge in [-0.3, -0.25) is 4.79 Å². The van der Waals surface area contributed by atoms with Crippen molar-refractivity contribution in [2.75, 3.05) is 12.4 Å². The van der Waals surface area contributed by atoms with Gasteiger partial charge in [0.15, 0.2) is 0 Å². The lowest BCUT2D eigenvalue weighted by atomic mass is 9.85. The summed E-state index contributed by atoms with van der Waals surface area (Å²) < 4.78 is 0. The maximum Gasteiger partial charge on any atom is 0.227 e. The molecule has 0 aliphatic heterocycles. The summed E-state index contributed by atoms with van der Waals surface area (Å²) in [4.78, 5) is 14.8. The number of hydrogen-bond acceptors (Lipinski definition) is 2. The Morgan fingerprint density at radius 1 is 1.38 bits per heavy atom. The lowest BCUT2D eigenvalue weighted by molar-refractivity contribution is -0.120. The highest BCUT2D eigenvalue weighted by molar-refractivity contribution is 5.92. The smallest absolute Gasteiger partial charge is 0.227 e. The highest BCUT2D eigenvalue weighted by atomic mass is 16.1. The van der Waals surface area contributed by atoms with E-state index in [2.05, 4.69) is 15.6 Å². The summed E-state index contributed by atoms with van der Waals surface area (Å²) in [6, 6.07) is 2.47. The van der Waals surface area contributed by atoms with Crippen LogP contribution in [-0.4, -0.2) is 24.0 Å². The maximum absolute atomic E-state index is 11.9. The zero-order chi connectivity index (χ0) is 11.4. The number of hydrogen-bond donors (Lipinski definition) is 3. The molecule has 0 saturated heterocycles. The molecule has 1 saturated carbocycles. The van der Waals surface area contributed by atoms with E-state index in [0.717, 1.165) is 31.4 Å². The zero-order valence-corrected chi connectivity index (χ0v) is 9.62. The van der Waals surface area contributed by atoms with Gasteiger partial charge in [0, 0.05) is 24.4 Å². The predicted octanol–water partition coefficient (Wildman–Crippen LogP) is 1.73. The number of aromatic amines is 1. The molecule has 1 heterocycles. The SMILES string of the molecule is CNC1CCC(C(=O)Nc2cc[nH]c2)CC1. The van der Waals surface area contributed by atoms with Crippen LogP contribution in [0.2, 0.25) is 0 Å². The maximum atomic E-state index is 11.9. The molecule has 0 unspecified atom stereocenters. The summed E-state index contributed by atoms with van der Waals surface area (Å²) in [6.07, 6.45) is 7.79. The van der Waals surface area contributed by atoms with E-state index in [4.69, 9.17) is 0 Å². The molecule has 0 atom stereocenters. The van der Waals surface area contributed by atoms with Crippen molar-refractivity contribution in [2.45, 2.75) is 31.7 Å². The van der Waals surface area contributed by atoms with Crippen molar-refractivity contribution in [2.24, 2.45) is 5.92 Å². The fraction of sp³-hybridized carbons (Fsp3) is 0.583. The standard InChI is InChI=1S/C12H19N3O/c1-13-10-4-2-9(3-5-10)12(16)15-11-6-7-14-8-11/h6-10,13-14H,2-5H2,1H3,(H,15,16). The first-order valence-corrected chi connectivity index (χ1v) is 5.90. The quantitative estimate of drug-likeness (QED) is 0.728. The minimum atomic E-state index is 0.161. The second-order valence-electron chi connectivity index (χ2n) is 4.43. The Morgan fingerprint density at radius 3 is 2.69 bits per heavy atom. The molecule has 4 nitrogen and oxygen atoms in total. The molecule has 0 spiro atoms. The molecule has 0 aromatic carbocycles. The fourth-order valence-corrected chi connectivity index (χ4v) is 2.29. The normalized spacial score (nSPS) is 25.3. The third-order valence-corrected chi connectivity index (χ3v) is 3.37. The molecule has 1 fully saturated rings. The fourth-order valence-electron chi connectivity index (χ4n) is 2.29. The molecule has 3 N–H and O–H groups in total. The van der Waals surface area contributed by atoms with Crippen LogP contribution in [0, 0.1) is 5.92 Å². The molecule has 0 bridgehead atoms. The van der Waals surface area contributed by atoms with E-state index in [1.807, 2.05) is 19.3 Å². The molecule has 1 aliphatic carbocycles. The number of H-pyrrole nitrogens is 1. The molecule has 2 rings (SSSR count). The van der Waals surface area contributed by atoms with Crippen molar-refractivity contribution in [3.05, 3.63) is 18.5 Å². The van der Waals surface area contributed by atoms with Gasteiger partial charge in [-0.15, -0.1) is 0 Å². The van der Waals surface area contributed by atoms with Crippen LogP contribution in [0.25, 0.3) is 0 Å². The lowest BCUT2D eigenvalue weighted by Gasteiger charge is -2.27. The van der Waals surface area contributed by atoms with Gasteiger partial charge in [-0.2, -0.15) is 0 Å². The molecule has 1 aliphatic rings. The van der Waals surface area contributed by atoms with E-state index in [9.17, 15) is 4.79 Å². The van der Waals surface area contributed by atoms with E-state index in [-0.39, 0.29) is 11.8 Å². The Hall–Kier alpha value is -1.29. The van der Waals surface area contributed by atoms with Gasteiger partial charge < -0.3 is 15.6 Å². The van der Waals surface area contributed by atoms with E-state index >= 15 is 0 Å². The van der Waals surface area contributed by atoms with Crippen molar-refractivity contribution < 1.29 is 4.79 Å². The molecule has 16 heavy (non-hydrogen) atoms. The number of rotatable bonds is 3. The Labute approximate surface area is 95.8 Å². The molecule has 0 radical (unpaired) electrons. The molecular formula is C12H19N3O. The number of carbonyl (C=O) groups is 1. The van der Waals surface area contributed by atoms with Gasteiger partial charge in [0.2, 0.25) is 5.91 Å². The average Bonchev–Trinajstić information content (AvgIpc) is 2.82. The van der Waals surface area contributed by atoms with Crippen LogP contribution >= 0.6 is 0 Å². The first-order valence-electron chi connectivity index (χ1n) is 5.90. The van der Waals surface area contributed by atoms with Gasteiger partial charge in [0.1, 0.15) is 0 Å². The lowest BCUT2D eigenvalue weighted by Crippen LogP contribution is -2.34. The summed E-state index contributed by atoms with van der Waals surface area (Å²) in [7, 11) is 1.99. The van der Waals surface area contributed by atoms with Crippen LogP contribution in [-0.2, 0) is 4.79 Å². The topological polar surface area (TPSA) is 56.9 Å². The highest BCUT2D eigenvalue weighted by Gasteiger charge is 2.25. The van der Waals surface area contributed by atoms with Gasteiger partial charge in [-0.25, -0.2) is 0 Å². The summed E-state index contributed by atoms with van der Waals surface area (Å²) in [6.45, 7) is 0. The van der Waals surface area contributed by atoms with Crippen LogP contribution in [0.5, 0.6) is 0 Å². The van der Waals surface area contributed by atoms with E-state index < -0.39 is 0 Å². The third-order valence-electron chi connectivity index (χ3n) is 3.37. The Bertz CT molecular complexity index is 326. The molecule has 1 aromatic heterocycles. The van der Waals surface area contributed by atoms with Gasteiger partial charge in [0.25, 0.3) is 0 Å². The van der Waals surface area contributed by atoms with E-state index in [0.29, 0.717) is 6.04 Å². The van der Waals surface area contributed by atoms with Gasteiger partial charge in [-0.05, 0) is 38.8 Å². The average molecular weight is 221 g/mol. The molecule has 1 amide bonds. The second kappa shape index (κ2) is 5.16. The number of amides is 1. The number of carbonyl (C=O) groups excluding carboxylic acids is 1. The van der Waals surface area contributed by atoms with Crippen molar-refractivity contribution in [1.82, 2.24) is 10.3 Å². The number of aromatic nitrogens is 1. The van der Waals surface area contributed by atoms with Crippen LogP contribution in [0.4, 0.5) is 5.69 Å². The summed E-state index contributed by atoms with van der Waals surface area (Å²) in [5.74, 6) is 0.341. The molecule has 88 valence electrons. The second-order valence-corrected chi connectivity index (χ2v) is 4.43. The Balaban J connectivity index is 1.82. The monoisotopic (exact) mass is 221 g/mol. The van der Waals surface area contributed by atoms with Crippen molar-refractivity contribution in [1.29, 1.82) is 0 Å². The minimum absolute atomic E-state index is 0.161. The summed E-state index contributed by atoms with van der Waals surface area (Å²) in [5, 5.41) is 6.21. The van der Waals surface area contributed by atoms with Crippen LogP contribution in [0.1, 0.15) is 25.7 Å². The summed E-state index contributed by atoms with van der Waals surface area (Å²) >= 11 is 0. The first-order chi connectivity index (χ1) is 7.79. The first kappa shape index (κ1) is 11.2.